The second-order valence-corrected chi connectivity index (χ2v) is 7.11. The molecule has 1 aliphatic rings. The lowest BCUT2D eigenvalue weighted by atomic mass is 10.1. The van der Waals surface area contributed by atoms with Crippen LogP contribution >= 0.6 is 0 Å². The lowest BCUT2D eigenvalue weighted by Crippen LogP contribution is -2.42. The van der Waals surface area contributed by atoms with E-state index in [2.05, 4.69) is 5.32 Å². The monoisotopic (exact) mass is 371 g/mol. The number of ketones is 1. The van der Waals surface area contributed by atoms with Gasteiger partial charge in [0.1, 0.15) is 6.54 Å². The molecule has 1 aliphatic heterocycles. The van der Waals surface area contributed by atoms with Crippen LogP contribution in [0.3, 0.4) is 0 Å². The van der Waals surface area contributed by atoms with Gasteiger partial charge in [-0.15, -0.1) is 0 Å². The first-order chi connectivity index (χ1) is 13.0. The molecule has 7 nitrogen and oxygen atoms in total. The quantitative estimate of drug-likeness (QED) is 0.616. The second-order valence-electron chi connectivity index (χ2n) is 7.11. The van der Waals surface area contributed by atoms with Gasteiger partial charge in [0.15, 0.2) is 0 Å². The predicted octanol–water partition coefficient (Wildman–Crippen LogP) is 1.46. The van der Waals surface area contributed by atoms with Crippen molar-refractivity contribution in [2.75, 3.05) is 32.8 Å². The molecule has 2 aromatic rings. The van der Waals surface area contributed by atoms with Crippen LogP contribution in [0, 0.1) is 5.92 Å². The summed E-state index contributed by atoms with van der Waals surface area (Å²) < 4.78 is 7.03. The smallest absolute Gasteiger partial charge is 0.292 e. The molecule has 0 unspecified atom stereocenters. The molecule has 0 aliphatic carbocycles. The zero-order valence-electron chi connectivity index (χ0n) is 15.7. The molecule has 0 atom stereocenters. The molecular formula is C20H25N3O4. The van der Waals surface area contributed by atoms with Crippen LogP contribution < -0.4 is 5.32 Å². The Balaban J connectivity index is 1.84. The molecule has 2 heterocycles. The molecule has 2 amide bonds. The van der Waals surface area contributed by atoms with E-state index < -0.39 is 11.7 Å². The molecule has 1 aromatic heterocycles. The highest BCUT2D eigenvalue weighted by Crippen LogP contribution is 2.22. The highest BCUT2D eigenvalue weighted by Gasteiger charge is 2.23. The summed E-state index contributed by atoms with van der Waals surface area (Å²) in [6.07, 6.45) is 1.61. The second kappa shape index (κ2) is 8.35. The van der Waals surface area contributed by atoms with Gasteiger partial charge in [0.05, 0.1) is 18.8 Å². The Kier molecular flexibility index (Phi) is 5.91. The average molecular weight is 371 g/mol. The number of benzene rings is 1. The maximum atomic E-state index is 12.6. The number of ether oxygens (including phenoxy) is 1. The van der Waals surface area contributed by atoms with Crippen molar-refractivity contribution in [1.29, 1.82) is 0 Å². The Hall–Kier alpha value is -2.67. The number of nitrogens with zero attached hydrogens (tertiary/aromatic N) is 2. The van der Waals surface area contributed by atoms with E-state index in [4.69, 9.17) is 4.74 Å². The zero-order valence-corrected chi connectivity index (χ0v) is 15.7. The lowest BCUT2D eigenvalue weighted by Gasteiger charge is -2.27. The number of fused-ring (bicyclic) bond motifs is 1. The molecular weight excluding hydrogens is 346 g/mol. The van der Waals surface area contributed by atoms with Crippen LogP contribution in [0.1, 0.15) is 24.2 Å². The predicted molar refractivity (Wildman–Crippen MR) is 102 cm³/mol. The topological polar surface area (TPSA) is 80.6 Å². The van der Waals surface area contributed by atoms with E-state index in [1.807, 2.05) is 32.0 Å². The van der Waals surface area contributed by atoms with E-state index in [9.17, 15) is 14.4 Å². The Morgan fingerprint density at radius 1 is 1.15 bits per heavy atom. The largest absolute Gasteiger partial charge is 0.378 e. The third kappa shape index (κ3) is 4.36. The average Bonchev–Trinajstić information content (AvgIpc) is 3.04. The van der Waals surface area contributed by atoms with Crippen LogP contribution in [0.15, 0.2) is 30.5 Å². The van der Waals surface area contributed by atoms with Crippen molar-refractivity contribution in [2.45, 2.75) is 20.4 Å². The molecule has 1 fully saturated rings. The van der Waals surface area contributed by atoms with E-state index in [0.29, 0.717) is 43.8 Å². The summed E-state index contributed by atoms with van der Waals surface area (Å²) in [4.78, 5) is 39.2. The summed E-state index contributed by atoms with van der Waals surface area (Å²) in [5.74, 6) is -0.966. The van der Waals surface area contributed by atoms with Crippen LogP contribution in [0.4, 0.5) is 0 Å². The molecule has 0 spiro atoms. The highest BCUT2D eigenvalue weighted by molar-refractivity contribution is 6.45. The fourth-order valence-corrected chi connectivity index (χ4v) is 3.12. The maximum Gasteiger partial charge on any atom is 0.292 e. The highest BCUT2D eigenvalue weighted by atomic mass is 16.5. The molecule has 1 N–H and O–H groups in total. The zero-order chi connectivity index (χ0) is 19.4. The van der Waals surface area contributed by atoms with Gasteiger partial charge in [0.25, 0.3) is 11.7 Å². The van der Waals surface area contributed by atoms with Crippen molar-refractivity contribution in [1.82, 2.24) is 14.8 Å². The summed E-state index contributed by atoms with van der Waals surface area (Å²) in [7, 11) is 0. The Morgan fingerprint density at radius 3 is 2.56 bits per heavy atom. The van der Waals surface area contributed by atoms with Gasteiger partial charge in [0.2, 0.25) is 5.91 Å². The fourth-order valence-electron chi connectivity index (χ4n) is 3.12. The Bertz CT molecular complexity index is 850. The molecule has 144 valence electrons. The van der Waals surface area contributed by atoms with Crippen molar-refractivity contribution in [3.63, 3.8) is 0 Å². The van der Waals surface area contributed by atoms with Gasteiger partial charge < -0.3 is 19.5 Å². The Labute approximate surface area is 158 Å². The molecule has 0 radical (unpaired) electrons. The molecule has 27 heavy (non-hydrogen) atoms. The number of hydrogen-bond acceptors (Lipinski definition) is 4. The van der Waals surface area contributed by atoms with Crippen molar-refractivity contribution in [3.05, 3.63) is 36.0 Å². The SMILES string of the molecule is CC(C)CNC(=O)C(=O)c1cn(CC(=O)N2CCOCC2)c2ccccc12. The number of aromatic nitrogens is 1. The van der Waals surface area contributed by atoms with E-state index in [1.54, 1.807) is 21.7 Å². The first kappa shape index (κ1) is 19.1. The summed E-state index contributed by atoms with van der Waals surface area (Å²) >= 11 is 0. The standard InChI is InChI=1S/C20H25N3O4/c1-14(2)11-21-20(26)19(25)16-12-23(17-6-4-3-5-15(16)17)13-18(24)22-7-9-27-10-8-22/h3-6,12,14H,7-11,13H2,1-2H3,(H,21,26). The molecule has 7 heteroatoms. The third-order valence-corrected chi connectivity index (χ3v) is 4.58. The van der Waals surface area contributed by atoms with E-state index in [1.165, 1.54) is 0 Å². The van der Waals surface area contributed by atoms with Gasteiger partial charge in [-0.2, -0.15) is 0 Å². The Morgan fingerprint density at radius 2 is 1.85 bits per heavy atom. The number of amides is 2. The number of Topliss-reactive ketones (excluding diaryl/α,β-unsaturated/α-hetero) is 1. The van der Waals surface area contributed by atoms with Gasteiger partial charge in [-0.1, -0.05) is 32.0 Å². The van der Waals surface area contributed by atoms with Crippen LogP contribution in [-0.4, -0.2) is 59.9 Å². The van der Waals surface area contributed by atoms with Crippen LogP contribution in [0.5, 0.6) is 0 Å². The number of rotatable bonds is 6. The van der Waals surface area contributed by atoms with Crippen LogP contribution in [0.25, 0.3) is 10.9 Å². The minimum atomic E-state index is -0.619. The molecule has 1 saturated heterocycles. The number of carbonyl (C=O) groups is 3. The van der Waals surface area contributed by atoms with Crippen molar-refractivity contribution >= 4 is 28.5 Å². The third-order valence-electron chi connectivity index (χ3n) is 4.58. The van der Waals surface area contributed by atoms with E-state index in [-0.39, 0.29) is 18.4 Å². The number of carbonyl (C=O) groups excluding carboxylic acids is 3. The minimum Gasteiger partial charge on any atom is -0.378 e. The summed E-state index contributed by atoms with van der Waals surface area (Å²) in [5.41, 5.74) is 1.08. The minimum absolute atomic E-state index is 0.0256. The van der Waals surface area contributed by atoms with Gasteiger partial charge in [0, 0.05) is 36.7 Å². The van der Waals surface area contributed by atoms with Gasteiger partial charge in [-0.25, -0.2) is 0 Å². The normalized spacial score (nSPS) is 14.6. The number of para-hydroxylation sites is 1. The lowest BCUT2D eigenvalue weighted by molar-refractivity contribution is -0.135. The van der Waals surface area contributed by atoms with Crippen LogP contribution in [0.2, 0.25) is 0 Å². The molecule has 1 aromatic carbocycles. The number of nitrogens with one attached hydrogen (secondary N) is 1. The van der Waals surface area contributed by atoms with Gasteiger partial charge >= 0.3 is 0 Å². The first-order valence-corrected chi connectivity index (χ1v) is 9.23. The summed E-state index contributed by atoms with van der Waals surface area (Å²) in [5, 5.41) is 3.34. The van der Waals surface area contributed by atoms with Crippen molar-refractivity contribution in [3.8, 4) is 0 Å². The number of hydrogen-bond donors (Lipinski definition) is 1. The molecule has 0 bridgehead atoms. The van der Waals surface area contributed by atoms with Crippen LogP contribution in [-0.2, 0) is 20.9 Å². The van der Waals surface area contributed by atoms with Gasteiger partial charge in [-0.3, -0.25) is 14.4 Å². The summed E-state index contributed by atoms with van der Waals surface area (Å²) in [6, 6.07) is 7.32. The first-order valence-electron chi connectivity index (χ1n) is 9.23. The van der Waals surface area contributed by atoms with Gasteiger partial charge in [-0.05, 0) is 12.0 Å². The maximum absolute atomic E-state index is 12.6. The van der Waals surface area contributed by atoms with E-state index >= 15 is 0 Å². The molecule has 3 rings (SSSR count). The number of morpholine rings is 1. The van der Waals surface area contributed by atoms with Crippen molar-refractivity contribution < 1.29 is 19.1 Å². The fraction of sp³-hybridized carbons (Fsp3) is 0.450. The van der Waals surface area contributed by atoms with Crippen molar-refractivity contribution in [2.24, 2.45) is 5.92 Å². The molecule has 0 saturated carbocycles. The van der Waals surface area contributed by atoms with E-state index in [0.717, 1.165) is 5.52 Å². The summed E-state index contributed by atoms with van der Waals surface area (Å²) in [6.45, 7) is 6.72.